The molecule has 0 saturated carbocycles. The van der Waals surface area contributed by atoms with Crippen LogP contribution in [0.5, 0.6) is 0 Å². The Labute approximate surface area is 150 Å². The lowest BCUT2D eigenvalue weighted by Crippen LogP contribution is -2.34. The molecule has 0 atom stereocenters. The van der Waals surface area contributed by atoms with Gasteiger partial charge < -0.3 is 20.4 Å². The van der Waals surface area contributed by atoms with Gasteiger partial charge in [-0.15, -0.1) is 0 Å². The van der Waals surface area contributed by atoms with Crippen LogP contribution in [-0.2, 0) is 9.53 Å². The number of esters is 1. The van der Waals surface area contributed by atoms with E-state index in [2.05, 4.69) is 32.7 Å². The molecule has 0 fully saturated rings. The molecule has 0 spiro atoms. The summed E-state index contributed by atoms with van der Waals surface area (Å²) in [6.45, 7) is 3.85. The van der Waals surface area contributed by atoms with Crippen LogP contribution >= 0.6 is 0 Å². The van der Waals surface area contributed by atoms with Crippen LogP contribution < -0.4 is 10.6 Å². The third-order valence-electron chi connectivity index (χ3n) is 3.79. The number of nitrogens with one attached hydrogen (secondary N) is 3. The second-order valence-electron chi connectivity index (χ2n) is 5.82. The molecule has 0 aliphatic rings. The molecule has 0 aliphatic carbocycles. The number of rotatable bonds is 5. The fourth-order valence-corrected chi connectivity index (χ4v) is 2.51. The molecule has 0 aliphatic heterocycles. The van der Waals surface area contributed by atoms with E-state index in [1.165, 1.54) is 5.56 Å². The molecule has 0 unspecified atom stereocenters. The van der Waals surface area contributed by atoms with Gasteiger partial charge in [0.05, 0.1) is 18.5 Å². The fraction of sp³-hybridized carbons (Fsp3) is 0.211. The summed E-state index contributed by atoms with van der Waals surface area (Å²) in [5.41, 5.74) is 4.49. The lowest BCUT2D eigenvalue weighted by atomic mass is 10.1. The van der Waals surface area contributed by atoms with Crippen molar-refractivity contribution < 1.29 is 14.3 Å². The second-order valence-corrected chi connectivity index (χ2v) is 5.82. The first-order valence-electron chi connectivity index (χ1n) is 8.31. The number of amides is 2. The van der Waals surface area contributed by atoms with Crippen molar-refractivity contribution in [1.82, 2.24) is 15.3 Å². The average Bonchev–Trinajstić information content (AvgIpc) is 3.04. The van der Waals surface area contributed by atoms with Crippen molar-refractivity contribution in [1.29, 1.82) is 0 Å². The van der Waals surface area contributed by atoms with Gasteiger partial charge in [-0.3, -0.25) is 4.79 Å². The SMILES string of the molecule is CCOC(=O)CNC(=O)Nc1cnc2[nH]c(-c3ccc(C)cc3)cc2c1. The highest BCUT2D eigenvalue weighted by atomic mass is 16.5. The number of aryl methyl sites for hydroxylation is 1. The maximum atomic E-state index is 11.9. The Balaban J connectivity index is 1.70. The number of hydrogen-bond acceptors (Lipinski definition) is 4. The third kappa shape index (κ3) is 4.18. The highest BCUT2D eigenvalue weighted by Crippen LogP contribution is 2.25. The number of carbonyl (C=O) groups is 2. The Morgan fingerprint density at radius 3 is 2.69 bits per heavy atom. The second kappa shape index (κ2) is 7.69. The summed E-state index contributed by atoms with van der Waals surface area (Å²) < 4.78 is 4.75. The number of carbonyl (C=O) groups excluding carboxylic acids is 2. The third-order valence-corrected chi connectivity index (χ3v) is 3.79. The van der Waals surface area contributed by atoms with Crippen molar-refractivity contribution in [2.75, 3.05) is 18.5 Å². The van der Waals surface area contributed by atoms with Crippen molar-refractivity contribution in [2.45, 2.75) is 13.8 Å². The van der Waals surface area contributed by atoms with Gasteiger partial charge in [-0.05, 0) is 31.5 Å². The number of H-pyrrole nitrogens is 1. The summed E-state index contributed by atoms with van der Waals surface area (Å²) in [7, 11) is 0. The number of nitrogens with zero attached hydrogens (tertiary/aromatic N) is 1. The van der Waals surface area contributed by atoms with E-state index in [1.807, 2.05) is 31.2 Å². The molecule has 2 aromatic heterocycles. The van der Waals surface area contributed by atoms with E-state index >= 15 is 0 Å². The normalized spacial score (nSPS) is 10.5. The summed E-state index contributed by atoms with van der Waals surface area (Å²) in [5, 5.41) is 5.97. The van der Waals surface area contributed by atoms with Crippen LogP contribution in [0.15, 0.2) is 42.6 Å². The van der Waals surface area contributed by atoms with Crippen molar-refractivity contribution >= 4 is 28.7 Å². The van der Waals surface area contributed by atoms with Crippen molar-refractivity contribution in [3.05, 3.63) is 48.2 Å². The van der Waals surface area contributed by atoms with Crippen molar-refractivity contribution in [3.8, 4) is 11.3 Å². The van der Waals surface area contributed by atoms with Gasteiger partial charge in [0.25, 0.3) is 0 Å². The van der Waals surface area contributed by atoms with Crippen LogP contribution in [0, 0.1) is 6.92 Å². The summed E-state index contributed by atoms with van der Waals surface area (Å²) in [6, 6.07) is 11.5. The smallest absolute Gasteiger partial charge is 0.325 e. The first-order valence-corrected chi connectivity index (χ1v) is 8.31. The number of urea groups is 1. The number of anilines is 1. The Hall–Kier alpha value is -3.35. The number of pyridine rings is 1. The average molecular weight is 352 g/mol. The van der Waals surface area contributed by atoms with Crippen LogP contribution in [0.3, 0.4) is 0 Å². The summed E-state index contributed by atoms with van der Waals surface area (Å²) >= 11 is 0. The lowest BCUT2D eigenvalue weighted by molar-refractivity contribution is -0.141. The number of hydrogen-bond donors (Lipinski definition) is 3. The molecule has 2 heterocycles. The van der Waals surface area contributed by atoms with Crippen LogP contribution in [-0.4, -0.2) is 35.1 Å². The van der Waals surface area contributed by atoms with Gasteiger partial charge in [0, 0.05) is 11.1 Å². The number of aromatic amines is 1. The number of benzene rings is 1. The highest BCUT2D eigenvalue weighted by molar-refractivity contribution is 5.94. The van der Waals surface area contributed by atoms with E-state index in [-0.39, 0.29) is 13.2 Å². The van der Waals surface area contributed by atoms with Gasteiger partial charge in [-0.2, -0.15) is 0 Å². The zero-order chi connectivity index (χ0) is 18.5. The Bertz CT molecular complexity index is 932. The van der Waals surface area contributed by atoms with Crippen LogP contribution in [0.2, 0.25) is 0 Å². The maximum Gasteiger partial charge on any atom is 0.325 e. The molecule has 2 amide bonds. The van der Waals surface area contributed by atoms with E-state index in [1.54, 1.807) is 13.1 Å². The molecular weight excluding hydrogens is 332 g/mol. The molecular formula is C19H20N4O3. The largest absolute Gasteiger partial charge is 0.465 e. The number of aromatic nitrogens is 2. The predicted octanol–water partition coefficient (Wildman–Crippen LogP) is 3.22. The quantitative estimate of drug-likeness (QED) is 0.614. The standard InChI is InChI=1S/C19H20N4O3/c1-3-26-17(24)11-21-19(25)22-15-8-14-9-16(23-18(14)20-10-15)13-6-4-12(2)5-7-13/h4-10H,3,11H2,1-2H3,(H,20,23)(H2,21,22,25). The van der Waals surface area contributed by atoms with Gasteiger partial charge in [0.2, 0.25) is 0 Å². The summed E-state index contributed by atoms with van der Waals surface area (Å²) in [6.07, 6.45) is 1.56. The van der Waals surface area contributed by atoms with Gasteiger partial charge >= 0.3 is 12.0 Å². The molecule has 3 rings (SSSR count). The molecule has 0 saturated heterocycles. The molecule has 0 radical (unpaired) electrons. The van der Waals surface area contributed by atoms with Crippen molar-refractivity contribution in [3.63, 3.8) is 0 Å². The molecule has 7 heteroatoms. The maximum absolute atomic E-state index is 11.9. The zero-order valence-corrected chi connectivity index (χ0v) is 14.6. The Kier molecular flexibility index (Phi) is 5.17. The number of ether oxygens (including phenoxy) is 1. The minimum atomic E-state index is -0.492. The van der Waals surface area contributed by atoms with Gasteiger partial charge in [-0.25, -0.2) is 9.78 Å². The molecule has 0 bridgehead atoms. The lowest BCUT2D eigenvalue weighted by Gasteiger charge is -2.07. The van der Waals surface area contributed by atoms with Gasteiger partial charge in [-0.1, -0.05) is 29.8 Å². The van der Waals surface area contributed by atoms with Gasteiger partial charge in [0.1, 0.15) is 12.2 Å². The zero-order valence-electron chi connectivity index (χ0n) is 14.6. The van der Waals surface area contributed by atoms with Gasteiger partial charge in [0.15, 0.2) is 0 Å². The van der Waals surface area contributed by atoms with E-state index in [0.29, 0.717) is 5.69 Å². The number of fused-ring (bicyclic) bond motifs is 1. The fourth-order valence-electron chi connectivity index (χ4n) is 2.51. The van der Waals surface area contributed by atoms with Crippen molar-refractivity contribution in [2.24, 2.45) is 0 Å². The summed E-state index contributed by atoms with van der Waals surface area (Å²) in [5.74, 6) is -0.482. The molecule has 26 heavy (non-hydrogen) atoms. The molecule has 3 aromatic rings. The monoisotopic (exact) mass is 352 g/mol. The van der Waals surface area contributed by atoms with Crippen LogP contribution in [0.1, 0.15) is 12.5 Å². The topological polar surface area (TPSA) is 96.1 Å². The molecule has 3 N–H and O–H groups in total. The molecule has 134 valence electrons. The molecule has 7 nitrogen and oxygen atoms in total. The van der Waals surface area contributed by atoms with E-state index in [9.17, 15) is 9.59 Å². The predicted molar refractivity (Wildman–Crippen MR) is 99.9 cm³/mol. The minimum absolute atomic E-state index is 0.183. The summed E-state index contributed by atoms with van der Waals surface area (Å²) in [4.78, 5) is 30.7. The first-order chi connectivity index (χ1) is 12.5. The van der Waals surface area contributed by atoms with Crippen LogP contribution in [0.25, 0.3) is 22.3 Å². The van der Waals surface area contributed by atoms with E-state index in [0.717, 1.165) is 22.3 Å². The molecule has 1 aromatic carbocycles. The van der Waals surface area contributed by atoms with Crippen LogP contribution in [0.4, 0.5) is 10.5 Å². The Morgan fingerprint density at radius 1 is 1.19 bits per heavy atom. The van der Waals surface area contributed by atoms with E-state index < -0.39 is 12.0 Å². The van der Waals surface area contributed by atoms with E-state index in [4.69, 9.17) is 4.74 Å². The first kappa shape index (κ1) is 17.5. The Morgan fingerprint density at radius 2 is 1.96 bits per heavy atom. The minimum Gasteiger partial charge on any atom is -0.465 e. The highest BCUT2D eigenvalue weighted by Gasteiger charge is 2.09.